The van der Waals surface area contributed by atoms with Crippen LogP contribution in [-0.2, 0) is 23.9 Å². The molecule has 0 aliphatic carbocycles. The molecule has 0 fully saturated rings. The highest BCUT2D eigenvalue weighted by Gasteiger charge is 2.31. The lowest BCUT2D eigenvalue weighted by molar-refractivity contribution is -0.138. The van der Waals surface area contributed by atoms with Gasteiger partial charge in [-0.1, -0.05) is 52.0 Å². The van der Waals surface area contributed by atoms with E-state index in [1.165, 1.54) is 44.6 Å². The lowest BCUT2D eigenvalue weighted by Gasteiger charge is -2.29. The van der Waals surface area contributed by atoms with E-state index in [1.807, 2.05) is 13.8 Å². The highest BCUT2D eigenvalue weighted by Crippen LogP contribution is 2.31. The summed E-state index contributed by atoms with van der Waals surface area (Å²) in [5, 5.41) is 16.0. The van der Waals surface area contributed by atoms with Crippen LogP contribution in [0.1, 0.15) is 86.8 Å². The van der Waals surface area contributed by atoms with Crippen molar-refractivity contribution in [1.29, 1.82) is 0 Å². The van der Waals surface area contributed by atoms with E-state index in [-0.39, 0.29) is 34.8 Å². The molecule has 55 heavy (non-hydrogen) atoms. The second-order valence-corrected chi connectivity index (χ2v) is 15.3. The number of ether oxygens (including phenoxy) is 6. The molecule has 0 saturated heterocycles. The van der Waals surface area contributed by atoms with Gasteiger partial charge in [-0.3, -0.25) is 9.59 Å². The maximum absolute atomic E-state index is 13.0. The van der Waals surface area contributed by atoms with E-state index in [1.54, 1.807) is 85.7 Å². The Bertz CT molecular complexity index is 1720. The smallest absolute Gasteiger partial charge is 0.408 e. The van der Waals surface area contributed by atoms with Crippen LogP contribution in [0.5, 0.6) is 23.0 Å². The summed E-state index contributed by atoms with van der Waals surface area (Å²) in [6.07, 6.45) is 2.27. The summed E-state index contributed by atoms with van der Waals surface area (Å²) in [5.41, 5.74) is -0.359. The van der Waals surface area contributed by atoms with E-state index in [4.69, 9.17) is 28.4 Å². The van der Waals surface area contributed by atoms with Crippen LogP contribution in [0.2, 0.25) is 0 Å². The van der Waals surface area contributed by atoms with Crippen molar-refractivity contribution in [3.05, 3.63) is 59.7 Å². The third-order valence-electron chi connectivity index (χ3n) is 7.41. The van der Waals surface area contributed by atoms with Gasteiger partial charge >= 0.3 is 18.2 Å². The minimum atomic E-state index is -1.43. The Morgan fingerprint density at radius 2 is 1.13 bits per heavy atom. The van der Waals surface area contributed by atoms with E-state index < -0.39 is 65.7 Å². The average Bonchev–Trinajstić information content (AvgIpc) is 3.06. The number of rotatable bonds is 17. The first kappa shape index (κ1) is 45.8. The zero-order chi connectivity index (χ0) is 41.7. The Kier molecular flexibility index (Phi) is 16.9. The zero-order valence-corrected chi connectivity index (χ0v) is 33.8. The highest BCUT2D eigenvalue weighted by molar-refractivity contribution is 6.10. The minimum Gasteiger partial charge on any atom is -0.493 e. The van der Waals surface area contributed by atoms with Crippen molar-refractivity contribution in [1.82, 2.24) is 10.6 Å². The van der Waals surface area contributed by atoms with Gasteiger partial charge in [0.15, 0.2) is 34.6 Å². The van der Waals surface area contributed by atoms with Gasteiger partial charge < -0.3 is 44.2 Å². The molecule has 2 amide bonds. The van der Waals surface area contributed by atoms with Crippen molar-refractivity contribution < 1.29 is 57.5 Å². The van der Waals surface area contributed by atoms with Crippen LogP contribution in [-0.4, -0.2) is 78.6 Å². The molecule has 1 unspecified atom stereocenters. The normalized spacial score (nSPS) is 13.6. The van der Waals surface area contributed by atoms with Crippen LogP contribution < -0.4 is 29.6 Å². The fraction of sp³-hybridized carbons (Fsp3) is 0.488. The second-order valence-electron chi connectivity index (χ2n) is 15.3. The van der Waals surface area contributed by atoms with Gasteiger partial charge in [-0.2, -0.15) is 0 Å². The number of carbonyl (C=O) groups is 5. The van der Waals surface area contributed by atoms with E-state index in [2.05, 4.69) is 10.6 Å². The van der Waals surface area contributed by atoms with Crippen LogP contribution >= 0.6 is 0 Å². The number of hydrogen-bond acceptors (Lipinski definition) is 12. The molecule has 0 saturated carbocycles. The molecule has 2 aromatic carbocycles. The summed E-state index contributed by atoms with van der Waals surface area (Å²) in [6.45, 7) is 17.5. The van der Waals surface area contributed by atoms with Crippen LogP contribution in [0.15, 0.2) is 48.6 Å². The molecule has 3 N–H and O–H groups in total. The maximum Gasteiger partial charge on any atom is 0.408 e. The Morgan fingerprint density at radius 1 is 0.673 bits per heavy atom. The Morgan fingerprint density at radius 3 is 1.56 bits per heavy atom. The number of carbonyl (C=O) groups excluding carboxylic acids is 5. The van der Waals surface area contributed by atoms with Crippen molar-refractivity contribution in [2.24, 2.45) is 11.8 Å². The number of allylic oxidation sites excluding steroid dienone is 2. The molecule has 0 heterocycles. The molecule has 14 nitrogen and oxygen atoms in total. The summed E-state index contributed by atoms with van der Waals surface area (Å²) >= 11 is 0. The van der Waals surface area contributed by atoms with E-state index >= 15 is 0 Å². The zero-order valence-electron chi connectivity index (χ0n) is 33.8. The SMILES string of the molecule is COc1cc(/C=C/C(=O)CC(=O)/C=C/c2ccc(OC(O)[C@@H](NC(=O)OC(C)(C)C)C(C)C)c(OC)c2)ccc1OC(=O)[C@@H](NC(=O)OC(C)(C)C)C(C)C. The monoisotopic (exact) mass is 768 g/mol. The minimum absolute atomic E-state index is 0.107. The molecular weight excluding hydrogens is 712 g/mol. The first-order valence-corrected chi connectivity index (χ1v) is 17.8. The Hall–Kier alpha value is -5.37. The molecule has 0 aliphatic heterocycles. The lowest BCUT2D eigenvalue weighted by Crippen LogP contribution is -2.50. The lowest BCUT2D eigenvalue weighted by atomic mass is 10.0. The van der Waals surface area contributed by atoms with E-state index in [0.717, 1.165) is 0 Å². The topological polar surface area (TPSA) is 185 Å². The molecular formula is C41H56N2O12. The predicted molar refractivity (Wildman–Crippen MR) is 207 cm³/mol. The maximum atomic E-state index is 13.0. The molecule has 302 valence electrons. The number of hydrogen-bond donors (Lipinski definition) is 3. The molecule has 2 rings (SSSR count). The Labute approximate surface area is 323 Å². The third-order valence-corrected chi connectivity index (χ3v) is 7.41. The van der Waals surface area contributed by atoms with Crippen molar-refractivity contribution in [2.45, 2.75) is 105 Å². The van der Waals surface area contributed by atoms with Gasteiger partial charge in [0.1, 0.15) is 17.2 Å². The number of aliphatic hydroxyl groups excluding tert-OH is 1. The fourth-order valence-corrected chi connectivity index (χ4v) is 4.74. The van der Waals surface area contributed by atoms with Gasteiger partial charge in [0.2, 0.25) is 6.29 Å². The van der Waals surface area contributed by atoms with Gasteiger partial charge in [0.05, 0.1) is 26.7 Å². The van der Waals surface area contributed by atoms with Gasteiger partial charge in [0.25, 0.3) is 0 Å². The van der Waals surface area contributed by atoms with Crippen molar-refractivity contribution in [3.63, 3.8) is 0 Å². The number of aliphatic hydroxyl groups is 1. The highest BCUT2D eigenvalue weighted by atomic mass is 16.6. The summed E-state index contributed by atoms with van der Waals surface area (Å²) in [4.78, 5) is 62.8. The number of ketones is 2. The van der Waals surface area contributed by atoms with Gasteiger partial charge in [0, 0.05) is 0 Å². The molecule has 0 aromatic heterocycles. The number of esters is 1. The first-order valence-electron chi connectivity index (χ1n) is 17.8. The molecule has 0 bridgehead atoms. The van der Waals surface area contributed by atoms with Crippen molar-refractivity contribution in [2.75, 3.05) is 14.2 Å². The third kappa shape index (κ3) is 16.3. The quantitative estimate of drug-likeness (QED) is 0.0512. The van der Waals surface area contributed by atoms with Gasteiger partial charge in [-0.15, -0.1) is 0 Å². The standard InChI is InChI=1S/C41H56N2O12/c1-24(2)34(42-38(48)54-40(5,6)7)36(46)52-30-19-15-26(21-32(30)50-11)13-17-28(44)23-29(45)18-14-27-16-20-31(33(22-27)51-12)53-37(47)35(25(3)4)43-39(49)55-41(8,9)10/h13-22,24-25,34-36,46H,23H2,1-12H3,(H,42,48)(H,43,49)/b17-13+,18-14+/t34-,35-,36?/m0/s1. The van der Waals surface area contributed by atoms with Gasteiger partial charge in [-0.05, 0) is 101 Å². The number of benzene rings is 2. The predicted octanol–water partition coefficient (Wildman–Crippen LogP) is 6.66. The molecule has 14 heteroatoms. The number of amides is 2. The molecule has 0 aliphatic rings. The fourth-order valence-electron chi connectivity index (χ4n) is 4.74. The van der Waals surface area contributed by atoms with Crippen LogP contribution in [0.3, 0.4) is 0 Å². The number of nitrogens with one attached hydrogen (secondary N) is 2. The van der Waals surface area contributed by atoms with Crippen molar-refractivity contribution in [3.8, 4) is 23.0 Å². The summed E-state index contributed by atoms with van der Waals surface area (Å²) in [5.74, 6) is -1.34. The molecule has 0 spiro atoms. The molecule has 2 aromatic rings. The summed E-state index contributed by atoms with van der Waals surface area (Å²) < 4.78 is 32.7. The first-order chi connectivity index (χ1) is 25.5. The second kappa shape index (κ2) is 20.3. The van der Waals surface area contributed by atoms with Crippen LogP contribution in [0.4, 0.5) is 9.59 Å². The average molecular weight is 769 g/mol. The number of alkyl carbamates (subject to hydrolysis) is 2. The Balaban J connectivity index is 2.04. The molecule has 0 radical (unpaired) electrons. The van der Waals surface area contributed by atoms with Crippen LogP contribution in [0, 0.1) is 11.8 Å². The van der Waals surface area contributed by atoms with Crippen molar-refractivity contribution >= 4 is 41.9 Å². The molecule has 3 atom stereocenters. The largest absolute Gasteiger partial charge is 0.493 e. The number of methoxy groups -OCH3 is 2. The van der Waals surface area contributed by atoms with Crippen LogP contribution in [0.25, 0.3) is 12.2 Å². The van der Waals surface area contributed by atoms with E-state index in [9.17, 15) is 29.1 Å². The van der Waals surface area contributed by atoms with Gasteiger partial charge in [-0.25, -0.2) is 14.4 Å². The van der Waals surface area contributed by atoms with E-state index in [0.29, 0.717) is 11.1 Å². The summed E-state index contributed by atoms with van der Waals surface area (Å²) in [6, 6.07) is 7.64. The summed E-state index contributed by atoms with van der Waals surface area (Å²) in [7, 11) is 2.81.